The van der Waals surface area contributed by atoms with Gasteiger partial charge in [0.1, 0.15) is 11.1 Å². The third kappa shape index (κ3) is 6.50. The number of primary amides is 1. The molecule has 0 saturated heterocycles. The van der Waals surface area contributed by atoms with Crippen LogP contribution in [0.25, 0.3) is 0 Å². The summed E-state index contributed by atoms with van der Waals surface area (Å²) in [6.07, 6.45) is 0.412. The van der Waals surface area contributed by atoms with Crippen molar-refractivity contribution in [1.82, 2.24) is 5.32 Å². The van der Waals surface area contributed by atoms with Crippen LogP contribution in [0.2, 0.25) is 0 Å². The summed E-state index contributed by atoms with van der Waals surface area (Å²) < 4.78 is 10.2. The molecule has 9 nitrogen and oxygen atoms in total. The molecule has 0 radical (unpaired) electrons. The molecule has 27 heavy (non-hydrogen) atoms. The van der Waals surface area contributed by atoms with Gasteiger partial charge in [0.25, 0.3) is 0 Å². The van der Waals surface area contributed by atoms with Gasteiger partial charge in [-0.2, -0.15) is 0 Å². The van der Waals surface area contributed by atoms with E-state index in [-0.39, 0.29) is 19.4 Å². The molecule has 0 heterocycles. The zero-order valence-corrected chi connectivity index (χ0v) is 16.5. The van der Waals surface area contributed by atoms with Crippen molar-refractivity contribution in [2.45, 2.75) is 77.0 Å². The number of carbonyl (C=O) groups is 4. The summed E-state index contributed by atoms with van der Waals surface area (Å²) in [6.45, 7) is 6.88. The fraction of sp³-hybridized carbons (Fsp3) is 0.778. The first kappa shape index (κ1) is 22.9. The van der Waals surface area contributed by atoms with Gasteiger partial charge in [0.2, 0.25) is 5.91 Å². The van der Waals surface area contributed by atoms with Crippen LogP contribution in [0.5, 0.6) is 0 Å². The molecule has 9 heteroatoms. The molecule has 1 rings (SSSR count). The van der Waals surface area contributed by atoms with E-state index in [2.05, 4.69) is 5.32 Å². The van der Waals surface area contributed by atoms with Gasteiger partial charge in [0.05, 0.1) is 12.6 Å². The number of Topliss-reactive ketones (excluding diaryl/α,β-unsaturated/α-hetero) is 1. The highest BCUT2D eigenvalue weighted by molar-refractivity contribution is 5.96. The van der Waals surface area contributed by atoms with Gasteiger partial charge in [-0.05, 0) is 47.0 Å². The Hall–Kier alpha value is -2.16. The Morgan fingerprint density at radius 3 is 2.41 bits per heavy atom. The molecule has 1 fully saturated rings. The van der Waals surface area contributed by atoms with Crippen molar-refractivity contribution in [2.24, 2.45) is 17.4 Å². The first-order valence-electron chi connectivity index (χ1n) is 9.18. The summed E-state index contributed by atoms with van der Waals surface area (Å²) in [4.78, 5) is 48.6. The number of ether oxygens (including phenoxy) is 2. The molecule has 2 unspecified atom stereocenters. The molecule has 154 valence electrons. The van der Waals surface area contributed by atoms with Gasteiger partial charge in [-0.3, -0.25) is 14.4 Å². The van der Waals surface area contributed by atoms with Gasteiger partial charge >= 0.3 is 12.1 Å². The van der Waals surface area contributed by atoms with Crippen molar-refractivity contribution < 1.29 is 28.7 Å². The fourth-order valence-electron chi connectivity index (χ4n) is 3.20. The van der Waals surface area contributed by atoms with Crippen molar-refractivity contribution in [3.8, 4) is 0 Å². The normalized spacial score (nSPS) is 23.4. The molecule has 1 saturated carbocycles. The number of hydrogen-bond donors (Lipinski definition) is 3. The smallest absolute Gasteiger partial charge is 0.408 e. The van der Waals surface area contributed by atoms with Crippen molar-refractivity contribution in [1.29, 1.82) is 0 Å². The maximum atomic E-state index is 13.1. The Morgan fingerprint density at radius 2 is 1.89 bits per heavy atom. The molecule has 1 aliphatic carbocycles. The third-order valence-electron chi connectivity index (χ3n) is 4.42. The molecule has 0 aromatic carbocycles. The van der Waals surface area contributed by atoms with E-state index >= 15 is 0 Å². The van der Waals surface area contributed by atoms with Crippen LogP contribution >= 0.6 is 0 Å². The van der Waals surface area contributed by atoms with Crippen molar-refractivity contribution in [2.75, 3.05) is 6.61 Å². The minimum Gasteiger partial charge on any atom is -0.465 e. The summed E-state index contributed by atoms with van der Waals surface area (Å²) >= 11 is 0. The van der Waals surface area contributed by atoms with E-state index in [9.17, 15) is 19.2 Å². The van der Waals surface area contributed by atoms with Gasteiger partial charge in [0, 0.05) is 12.3 Å². The van der Waals surface area contributed by atoms with Crippen LogP contribution in [0, 0.1) is 5.92 Å². The van der Waals surface area contributed by atoms with Crippen LogP contribution in [-0.4, -0.2) is 47.5 Å². The van der Waals surface area contributed by atoms with Crippen molar-refractivity contribution in [3.63, 3.8) is 0 Å². The summed E-state index contributed by atoms with van der Waals surface area (Å²) in [5, 5.41) is 2.49. The van der Waals surface area contributed by atoms with E-state index < -0.39 is 46.9 Å². The van der Waals surface area contributed by atoms with Crippen LogP contribution in [0.4, 0.5) is 4.79 Å². The minimum atomic E-state index is -1.44. The Balaban J connectivity index is 2.98. The van der Waals surface area contributed by atoms with Crippen LogP contribution in [0.15, 0.2) is 0 Å². The second kappa shape index (κ2) is 9.16. The van der Waals surface area contributed by atoms with Gasteiger partial charge in [-0.25, -0.2) is 4.79 Å². The number of esters is 1. The van der Waals surface area contributed by atoms with Crippen molar-refractivity contribution in [3.05, 3.63) is 0 Å². The number of carbonyl (C=O) groups excluding carboxylic acids is 4. The molecule has 0 spiro atoms. The van der Waals surface area contributed by atoms with Crippen molar-refractivity contribution >= 4 is 23.8 Å². The Morgan fingerprint density at radius 1 is 1.26 bits per heavy atom. The maximum absolute atomic E-state index is 13.1. The number of rotatable bonds is 8. The van der Waals surface area contributed by atoms with E-state index in [1.807, 2.05) is 0 Å². The standard InChI is InChI=1S/C18H31N3O6/c1-5-26-15(24)18(20)10-6-7-11(18)14(23)12(8-9-13(19)22)21-16(25)27-17(2,3)4/h11-12H,5-10,20H2,1-4H3,(H2,19,22)(H,21,25)/t11?,12-,18?/m0/s1. The zero-order valence-electron chi connectivity index (χ0n) is 16.5. The largest absolute Gasteiger partial charge is 0.465 e. The molecular weight excluding hydrogens is 354 g/mol. The Labute approximate surface area is 159 Å². The van der Waals surface area contributed by atoms with Crippen LogP contribution < -0.4 is 16.8 Å². The molecule has 0 aromatic rings. The number of alkyl carbamates (subject to hydrolysis) is 1. The second-order valence-electron chi connectivity index (χ2n) is 7.81. The lowest BCUT2D eigenvalue weighted by atomic mass is 9.81. The Kier molecular flexibility index (Phi) is 7.77. The monoisotopic (exact) mass is 385 g/mol. The minimum absolute atomic E-state index is 0.00279. The maximum Gasteiger partial charge on any atom is 0.408 e. The first-order chi connectivity index (χ1) is 12.4. The van der Waals surface area contributed by atoms with Crippen LogP contribution in [0.1, 0.15) is 59.8 Å². The van der Waals surface area contributed by atoms with Gasteiger partial charge in [-0.1, -0.05) is 6.42 Å². The molecule has 0 bridgehead atoms. The molecule has 2 amide bonds. The molecule has 0 aromatic heterocycles. The van der Waals surface area contributed by atoms with Gasteiger partial charge in [0.15, 0.2) is 5.78 Å². The fourth-order valence-corrected chi connectivity index (χ4v) is 3.20. The topological polar surface area (TPSA) is 151 Å². The van der Waals surface area contributed by atoms with E-state index in [4.69, 9.17) is 20.9 Å². The summed E-state index contributed by atoms with van der Waals surface area (Å²) in [5.74, 6) is -2.47. The zero-order chi connectivity index (χ0) is 20.8. The number of hydrogen-bond acceptors (Lipinski definition) is 7. The molecule has 3 atom stereocenters. The number of nitrogens with two attached hydrogens (primary N) is 2. The molecule has 0 aliphatic heterocycles. The summed E-state index contributed by atoms with van der Waals surface area (Å²) in [6, 6.07) is -1.03. The quantitative estimate of drug-likeness (QED) is 0.522. The lowest BCUT2D eigenvalue weighted by Crippen LogP contribution is -2.58. The SMILES string of the molecule is CCOC(=O)C1(N)CCCC1C(=O)[C@H](CCC(N)=O)NC(=O)OC(C)(C)C. The number of amides is 2. The lowest BCUT2D eigenvalue weighted by molar-refractivity contribution is -0.153. The second-order valence-corrected chi connectivity index (χ2v) is 7.81. The predicted octanol–water partition coefficient (Wildman–Crippen LogP) is 0.775. The van der Waals surface area contributed by atoms with E-state index in [0.29, 0.717) is 19.3 Å². The molecule has 5 N–H and O–H groups in total. The Bertz CT molecular complexity index is 586. The highest BCUT2D eigenvalue weighted by Crippen LogP contribution is 2.36. The van der Waals surface area contributed by atoms with Gasteiger partial charge in [-0.15, -0.1) is 0 Å². The highest BCUT2D eigenvalue weighted by Gasteiger charge is 2.51. The van der Waals surface area contributed by atoms with Crippen LogP contribution in [-0.2, 0) is 23.9 Å². The summed E-state index contributed by atoms with van der Waals surface area (Å²) in [7, 11) is 0. The van der Waals surface area contributed by atoms with Crippen LogP contribution in [0.3, 0.4) is 0 Å². The number of nitrogens with one attached hydrogen (secondary N) is 1. The number of ketones is 1. The average molecular weight is 385 g/mol. The lowest BCUT2D eigenvalue weighted by Gasteiger charge is -2.31. The molecule has 1 aliphatic rings. The summed E-state index contributed by atoms with van der Waals surface area (Å²) in [5.41, 5.74) is 9.21. The highest BCUT2D eigenvalue weighted by atomic mass is 16.6. The predicted molar refractivity (Wildman–Crippen MR) is 97.5 cm³/mol. The van der Waals surface area contributed by atoms with E-state index in [0.717, 1.165) is 0 Å². The molecular formula is C18H31N3O6. The van der Waals surface area contributed by atoms with E-state index in [1.165, 1.54) is 0 Å². The van der Waals surface area contributed by atoms with Gasteiger partial charge < -0.3 is 26.3 Å². The third-order valence-corrected chi connectivity index (χ3v) is 4.42. The first-order valence-corrected chi connectivity index (χ1v) is 9.18. The van der Waals surface area contributed by atoms with E-state index in [1.54, 1.807) is 27.7 Å². The average Bonchev–Trinajstić information content (AvgIpc) is 2.92.